The Balaban J connectivity index is 2.13. The van der Waals surface area contributed by atoms with Crippen molar-refractivity contribution in [3.05, 3.63) is 65.2 Å². The van der Waals surface area contributed by atoms with E-state index in [2.05, 4.69) is 68.6 Å². The summed E-state index contributed by atoms with van der Waals surface area (Å²) in [5, 5.41) is 3.45. The standard InChI is InChI=1S/C19H25NO/c1-4-12-20-14-19(17-8-6-5-7-9-17)21-18-11-10-15(2)16(3)13-18/h5-11,13,19-20H,4,12,14H2,1-3H3. The molecule has 0 saturated carbocycles. The number of hydrogen-bond donors (Lipinski definition) is 1. The maximum absolute atomic E-state index is 6.22. The molecule has 2 aromatic carbocycles. The minimum absolute atomic E-state index is 0.0415. The lowest BCUT2D eigenvalue weighted by atomic mass is 10.1. The molecule has 0 fully saturated rings. The first-order chi connectivity index (χ1) is 10.2. The van der Waals surface area contributed by atoms with Crippen LogP contribution < -0.4 is 10.1 Å². The summed E-state index contributed by atoms with van der Waals surface area (Å²) in [6.45, 7) is 8.25. The van der Waals surface area contributed by atoms with Gasteiger partial charge in [-0.3, -0.25) is 0 Å². The van der Waals surface area contributed by atoms with E-state index >= 15 is 0 Å². The summed E-state index contributed by atoms with van der Waals surface area (Å²) in [6, 6.07) is 16.7. The third kappa shape index (κ3) is 4.61. The normalized spacial score (nSPS) is 12.1. The predicted octanol–water partition coefficient (Wildman–Crippen LogP) is 4.42. The van der Waals surface area contributed by atoms with Gasteiger partial charge in [-0.05, 0) is 55.6 Å². The van der Waals surface area contributed by atoms with E-state index in [-0.39, 0.29) is 6.10 Å². The van der Waals surface area contributed by atoms with Crippen molar-refractivity contribution in [2.75, 3.05) is 13.1 Å². The van der Waals surface area contributed by atoms with Crippen LogP contribution >= 0.6 is 0 Å². The van der Waals surface area contributed by atoms with Crippen LogP contribution in [-0.2, 0) is 0 Å². The topological polar surface area (TPSA) is 21.3 Å². The van der Waals surface area contributed by atoms with Crippen LogP contribution in [0.4, 0.5) is 0 Å². The molecule has 1 unspecified atom stereocenters. The second kappa shape index (κ2) is 7.84. The molecule has 1 N–H and O–H groups in total. The Morgan fingerprint density at radius 1 is 1.00 bits per heavy atom. The van der Waals surface area contributed by atoms with Gasteiger partial charge in [0.25, 0.3) is 0 Å². The lowest BCUT2D eigenvalue weighted by Gasteiger charge is -2.21. The largest absolute Gasteiger partial charge is 0.484 e. The first kappa shape index (κ1) is 15.6. The zero-order chi connectivity index (χ0) is 15.1. The van der Waals surface area contributed by atoms with Crippen LogP contribution in [0.3, 0.4) is 0 Å². The van der Waals surface area contributed by atoms with E-state index in [1.807, 2.05) is 6.07 Å². The second-order valence-electron chi connectivity index (χ2n) is 5.47. The molecule has 2 heteroatoms. The molecule has 0 spiro atoms. The molecule has 0 amide bonds. The van der Waals surface area contributed by atoms with Gasteiger partial charge in [0.2, 0.25) is 0 Å². The van der Waals surface area contributed by atoms with Crippen LogP contribution in [0.25, 0.3) is 0 Å². The lowest BCUT2D eigenvalue weighted by molar-refractivity contribution is 0.201. The van der Waals surface area contributed by atoms with E-state index in [0.717, 1.165) is 25.3 Å². The van der Waals surface area contributed by atoms with Crippen molar-refractivity contribution in [3.63, 3.8) is 0 Å². The molecule has 1 atom stereocenters. The van der Waals surface area contributed by atoms with E-state index in [1.54, 1.807) is 0 Å². The highest BCUT2D eigenvalue weighted by molar-refractivity contribution is 5.34. The number of ether oxygens (including phenoxy) is 1. The minimum Gasteiger partial charge on any atom is -0.484 e. The highest BCUT2D eigenvalue weighted by Crippen LogP contribution is 2.23. The van der Waals surface area contributed by atoms with E-state index in [9.17, 15) is 0 Å². The van der Waals surface area contributed by atoms with Crippen LogP contribution in [0.5, 0.6) is 5.75 Å². The van der Waals surface area contributed by atoms with Crippen molar-refractivity contribution >= 4 is 0 Å². The van der Waals surface area contributed by atoms with Crippen LogP contribution in [0, 0.1) is 13.8 Å². The predicted molar refractivity (Wildman–Crippen MR) is 88.9 cm³/mol. The summed E-state index contributed by atoms with van der Waals surface area (Å²) >= 11 is 0. The third-order valence-electron chi connectivity index (χ3n) is 3.68. The average molecular weight is 283 g/mol. The van der Waals surface area contributed by atoms with Gasteiger partial charge >= 0.3 is 0 Å². The molecule has 2 rings (SSSR count). The van der Waals surface area contributed by atoms with Crippen LogP contribution in [0.2, 0.25) is 0 Å². The highest BCUT2D eigenvalue weighted by atomic mass is 16.5. The van der Waals surface area contributed by atoms with E-state index < -0.39 is 0 Å². The summed E-state index contributed by atoms with van der Waals surface area (Å²) in [6.07, 6.45) is 1.17. The molecule has 0 aliphatic rings. The summed E-state index contributed by atoms with van der Waals surface area (Å²) in [5.41, 5.74) is 3.77. The van der Waals surface area contributed by atoms with Gasteiger partial charge in [0.1, 0.15) is 11.9 Å². The minimum atomic E-state index is 0.0415. The van der Waals surface area contributed by atoms with Gasteiger partial charge in [-0.15, -0.1) is 0 Å². The van der Waals surface area contributed by atoms with Crippen LogP contribution in [-0.4, -0.2) is 13.1 Å². The number of rotatable bonds is 7. The molecule has 2 aromatic rings. The quantitative estimate of drug-likeness (QED) is 0.759. The highest BCUT2D eigenvalue weighted by Gasteiger charge is 2.13. The molecule has 0 aliphatic heterocycles. The number of nitrogens with one attached hydrogen (secondary N) is 1. The summed E-state index contributed by atoms with van der Waals surface area (Å²) in [5.74, 6) is 0.935. The van der Waals surface area contributed by atoms with Gasteiger partial charge in [0.05, 0.1) is 0 Å². The lowest BCUT2D eigenvalue weighted by Crippen LogP contribution is -2.25. The maximum Gasteiger partial charge on any atom is 0.136 e. The second-order valence-corrected chi connectivity index (χ2v) is 5.47. The number of aryl methyl sites for hydroxylation is 2. The maximum atomic E-state index is 6.22. The fourth-order valence-electron chi connectivity index (χ4n) is 2.26. The fourth-order valence-corrected chi connectivity index (χ4v) is 2.26. The van der Waals surface area contributed by atoms with Gasteiger partial charge in [-0.1, -0.05) is 43.3 Å². The van der Waals surface area contributed by atoms with Crippen molar-refractivity contribution in [2.24, 2.45) is 0 Å². The Labute approximate surface area is 128 Å². The monoisotopic (exact) mass is 283 g/mol. The molecular formula is C19H25NO. The Hall–Kier alpha value is -1.80. The zero-order valence-electron chi connectivity index (χ0n) is 13.2. The van der Waals surface area contributed by atoms with E-state index in [4.69, 9.17) is 4.74 Å². The van der Waals surface area contributed by atoms with Crippen LogP contribution in [0.15, 0.2) is 48.5 Å². The zero-order valence-corrected chi connectivity index (χ0v) is 13.2. The Bertz CT molecular complexity index is 551. The summed E-state index contributed by atoms with van der Waals surface area (Å²) in [7, 11) is 0. The van der Waals surface area contributed by atoms with Crippen molar-refractivity contribution in [1.29, 1.82) is 0 Å². The molecule has 2 nitrogen and oxygen atoms in total. The summed E-state index contributed by atoms with van der Waals surface area (Å²) in [4.78, 5) is 0. The third-order valence-corrected chi connectivity index (χ3v) is 3.68. The summed E-state index contributed by atoms with van der Waals surface area (Å²) < 4.78 is 6.22. The van der Waals surface area contributed by atoms with E-state index in [1.165, 1.54) is 16.7 Å². The number of benzene rings is 2. The molecule has 0 aliphatic carbocycles. The molecule has 0 radical (unpaired) electrons. The first-order valence-electron chi connectivity index (χ1n) is 7.70. The molecule has 112 valence electrons. The molecule has 21 heavy (non-hydrogen) atoms. The fraction of sp³-hybridized carbons (Fsp3) is 0.368. The van der Waals surface area contributed by atoms with Crippen LogP contribution in [0.1, 0.15) is 36.1 Å². The SMILES string of the molecule is CCCNCC(Oc1ccc(C)c(C)c1)c1ccccc1. The smallest absolute Gasteiger partial charge is 0.136 e. The molecule has 0 saturated heterocycles. The van der Waals surface area contributed by atoms with E-state index in [0.29, 0.717) is 0 Å². The van der Waals surface area contributed by atoms with Gasteiger partial charge < -0.3 is 10.1 Å². The van der Waals surface area contributed by atoms with Crippen molar-refractivity contribution in [3.8, 4) is 5.75 Å². The average Bonchev–Trinajstić information content (AvgIpc) is 2.51. The molecule has 0 aromatic heterocycles. The Morgan fingerprint density at radius 2 is 1.76 bits per heavy atom. The van der Waals surface area contributed by atoms with Crippen molar-refractivity contribution in [1.82, 2.24) is 5.32 Å². The van der Waals surface area contributed by atoms with Gasteiger partial charge in [-0.2, -0.15) is 0 Å². The van der Waals surface area contributed by atoms with Gasteiger partial charge in [-0.25, -0.2) is 0 Å². The van der Waals surface area contributed by atoms with Crippen molar-refractivity contribution in [2.45, 2.75) is 33.3 Å². The van der Waals surface area contributed by atoms with Crippen molar-refractivity contribution < 1.29 is 4.74 Å². The molecule has 0 bridgehead atoms. The Kier molecular flexibility index (Phi) is 5.82. The molecule has 0 heterocycles. The Morgan fingerprint density at radius 3 is 2.43 bits per heavy atom. The van der Waals surface area contributed by atoms with Gasteiger partial charge in [0, 0.05) is 6.54 Å². The number of hydrogen-bond acceptors (Lipinski definition) is 2. The molecular weight excluding hydrogens is 258 g/mol. The first-order valence-corrected chi connectivity index (χ1v) is 7.70. The van der Waals surface area contributed by atoms with Gasteiger partial charge in [0.15, 0.2) is 0 Å².